The van der Waals surface area contributed by atoms with Crippen molar-refractivity contribution in [2.75, 3.05) is 26.2 Å². The molecule has 2 fully saturated rings. The minimum absolute atomic E-state index is 0.149. The molecule has 0 saturated carbocycles. The number of halogens is 1. The summed E-state index contributed by atoms with van der Waals surface area (Å²) in [5.74, 6) is 0.384. The fourth-order valence-corrected chi connectivity index (χ4v) is 3.66. The molecule has 2 unspecified atom stereocenters. The lowest BCUT2D eigenvalue weighted by atomic mass is 10.1. The van der Waals surface area contributed by atoms with E-state index in [1.807, 2.05) is 18.4 Å². The zero-order valence-electron chi connectivity index (χ0n) is 13.0. The van der Waals surface area contributed by atoms with Gasteiger partial charge in [0, 0.05) is 56.8 Å². The number of piperazine rings is 1. The first-order chi connectivity index (χ1) is 11.3. The zero-order valence-corrected chi connectivity index (χ0v) is 13.0. The molecule has 4 nitrogen and oxygen atoms in total. The van der Waals surface area contributed by atoms with Gasteiger partial charge in [-0.2, -0.15) is 0 Å². The van der Waals surface area contributed by atoms with Crippen molar-refractivity contribution in [3.63, 3.8) is 0 Å². The van der Waals surface area contributed by atoms with Crippen LogP contribution in [-0.4, -0.2) is 48.1 Å². The molecule has 5 heteroatoms. The second-order valence-electron chi connectivity index (χ2n) is 6.45. The van der Waals surface area contributed by atoms with Gasteiger partial charge in [0.15, 0.2) is 0 Å². The largest absolute Gasteiger partial charge is 0.489 e. The quantitative estimate of drug-likeness (QED) is 0.867. The minimum Gasteiger partial charge on any atom is -0.489 e. The summed E-state index contributed by atoms with van der Waals surface area (Å²) in [7, 11) is 0. The lowest BCUT2D eigenvalue weighted by Gasteiger charge is -2.36. The molecular formula is C18H21FN2O2. The van der Waals surface area contributed by atoms with Crippen LogP contribution in [0.25, 0.3) is 0 Å². The lowest BCUT2D eigenvalue weighted by molar-refractivity contribution is 0.0977. The van der Waals surface area contributed by atoms with Crippen molar-refractivity contribution >= 4 is 0 Å². The maximum Gasteiger partial charge on any atom is 0.126 e. The number of furan rings is 1. The summed E-state index contributed by atoms with van der Waals surface area (Å²) in [6, 6.07) is 8.97. The monoisotopic (exact) mass is 316 g/mol. The van der Waals surface area contributed by atoms with Crippen LogP contribution >= 0.6 is 0 Å². The Morgan fingerprint density at radius 1 is 1.22 bits per heavy atom. The smallest absolute Gasteiger partial charge is 0.126 e. The van der Waals surface area contributed by atoms with Crippen LogP contribution < -0.4 is 4.74 Å². The Balaban J connectivity index is 1.34. The predicted octanol–water partition coefficient (Wildman–Crippen LogP) is 2.76. The summed E-state index contributed by atoms with van der Waals surface area (Å²) in [6.45, 7) is 5.05. The Morgan fingerprint density at radius 3 is 3.00 bits per heavy atom. The van der Waals surface area contributed by atoms with Gasteiger partial charge in [0.2, 0.25) is 0 Å². The zero-order chi connectivity index (χ0) is 15.6. The average molecular weight is 316 g/mol. The fraction of sp³-hybridized carbons (Fsp3) is 0.444. The molecule has 2 aliphatic heterocycles. The van der Waals surface area contributed by atoms with Gasteiger partial charge in [-0.15, -0.1) is 0 Å². The second-order valence-corrected chi connectivity index (χ2v) is 6.45. The molecule has 1 aromatic carbocycles. The molecule has 23 heavy (non-hydrogen) atoms. The highest BCUT2D eigenvalue weighted by Gasteiger charge is 2.37. The Bertz CT molecular complexity index is 646. The molecule has 0 N–H and O–H groups in total. The summed E-state index contributed by atoms with van der Waals surface area (Å²) in [5.41, 5.74) is 1.23. The van der Waals surface area contributed by atoms with Crippen LogP contribution in [0.4, 0.5) is 4.39 Å². The first kappa shape index (κ1) is 14.7. The topological polar surface area (TPSA) is 28.9 Å². The summed E-state index contributed by atoms with van der Waals surface area (Å²) in [4.78, 5) is 4.96. The first-order valence-electron chi connectivity index (χ1n) is 8.16. The predicted molar refractivity (Wildman–Crippen MR) is 84.8 cm³/mol. The van der Waals surface area contributed by atoms with Crippen molar-refractivity contribution in [2.45, 2.75) is 25.1 Å². The molecule has 0 aliphatic carbocycles. The second kappa shape index (κ2) is 6.34. The van der Waals surface area contributed by atoms with Gasteiger partial charge in [0.25, 0.3) is 0 Å². The van der Waals surface area contributed by atoms with E-state index in [1.54, 1.807) is 12.3 Å². The number of rotatable bonds is 4. The van der Waals surface area contributed by atoms with E-state index >= 15 is 0 Å². The van der Waals surface area contributed by atoms with Crippen molar-refractivity contribution in [3.05, 3.63) is 54.2 Å². The number of hydrogen-bond acceptors (Lipinski definition) is 4. The number of fused-ring (bicyclic) bond motifs is 1. The van der Waals surface area contributed by atoms with E-state index < -0.39 is 0 Å². The van der Waals surface area contributed by atoms with Crippen LogP contribution in [0, 0.1) is 5.82 Å². The Kier molecular flexibility index (Phi) is 4.06. The maximum absolute atomic E-state index is 13.3. The van der Waals surface area contributed by atoms with Crippen molar-refractivity contribution in [3.8, 4) is 5.75 Å². The highest BCUT2D eigenvalue weighted by molar-refractivity contribution is 5.23. The van der Waals surface area contributed by atoms with Crippen molar-refractivity contribution in [2.24, 2.45) is 0 Å². The molecule has 3 heterocycles. The van der Waals surface area contributed by atoms with Gasteiger partial charge in [-0.3, -0.25) is 9.80 Å². The molecule has 0 spiro atoms. The molecule has 2 aromatic rings. The Morgan fingerprint density at radius 2 is 2.17 bits per heavy atom. The van der Waals surface area contributed by atoms with E-state index in [2.05, 4.69) is 9.80 Å². The van der Waals surface area contributed by atoms with E-state index in [9.17, 15) is 4.39 Å². The van der Waals surface area contributed by atoms with Crippen molar-refractivity contribution in [1.29, 1.82) is 0 Å². The highest BCUT2D eigenvalue weighted by atomic mass is 19.1. The summed E-state index contributed by atoms with van der Waals surface area (Å²) in [5, 5.41) is 0. The normalized spacial score (nSPS) is 25.4. The molecule has 1 aromatic heterocycles. The fourth-order valence-electron chi connectivity index (χ4n) is 3.66. The number of nitrogens with zero attached hydrogens (tertiary/aromatic N) is 2. The summed E-state index contributed by atoms with van der Waals surface area (Å²) in [6.07, 6.45) is 4.69. The van der Waals surface area contributed by atoms with E-state index in [4.69, 9.17) is 9.15 Å². The molecular weight excluding hydrogens is 295 g/mol. The molecule has 2 saturated heterocycles. The van der Waals surface area contributed by atoms with E-state index in [-0.39, 0.29) is 11.9 Å². The van der Waals surface area contributed by atoms with Gasteiger partial charge in [0.05, 0.1) is 12.5 Å². The van der Waals surface area contributed by atoms with Crippen molar-refractivity contribution < 1.29 is 13.5 Å². The third kappa shape index (κ3) is 3.41. The summed E-state index contributed by atoms with van der Waals surface area (Å²) >= 11 is 0. The first-order valence-corrected chi connectivity index (χ1v) is 8.16. The maximum atomic E-state index is 13.3. The van der Waals surface area contributed by atoms with Gasteiger partial charge in [-0.25, -0.2) is 4.39 Å². The molecule has 2 atom stereocenters. The van der Waals surface area contributed by atoms with E-state index in [1.165, 1.54) is 17.7 Å². The van der Waals surface area contributed by atoms with Gasteiger partial charge in [-0.05, 0) is 18.2 Å². The minimum atomic E-state index is -0.246. The number of ether oxygens (including phenoxy) is 1. The Labute approximate surface area is 135 Å². The lowest BCUT2D eigenvalue weighted by Crippen LogP contribution is -2.49. The van der Waals surface area contributed by atoms with E-state index in [0.717, 1.165) is 39.1 Å². The highest BCUT2D eigenvalue weighted by Crippen LogP contribution is 2.26. The third-order valence-corrected chi connectivity index (χ3v) is 4.75. The van der Waals surface area contributed by atoms with Crippen LogP contribution in [0.5, 0.6) is 5.75 Å². The molecule has 4 rings (SSSR count). The number of hydrogen-bond donors (Lipinski definition) is 0. The number of benzene rings is 1. The van der Waals surface area contributed by atoms with Crippen LogP contribution in [-0.2, 0) is 6.54 Å². The van der Waals surface area contributed by atoms with Gasteiger partial charge in [-0.1, -0.05) is 6.07 Å². The van der Waals surface area contributed by atoms with Crippen LogP contribution in [0.15, 0.2) is 47.3 Å². The molecule has 2 aliphatic rings. The SMILES string of the molecule is Fc1cccc(OC2CC3CN(Cc4ccoc4)CCN3C2)c1. The van der Waals surface area contributed by atoms with Crippen molar-refractivity contribution in [1.82, 2.24) is 9.80 Å². The molecule has 0 radical (unpaired) electrons. The third-order valence-electron chi connectivity index (χ3n) is 4.75. The van der Waals surface area contributed by atoms with Gasteiger partial charge < -0.3 is 9.15 Å². The van der Waals surface area contributed by atoms with E-state index in [0.29, 0.717) is 11.8 Å². The standard InChI is InChI=1S/C18H21FN2O2/c19-15-2-1-3-17(8-15)23-18-9-16-11-20(5-6-21(16)12-18)10-14-4-7-22-13-14/h1-4,7-8,13,16,18H,5-6,9-12H2. The van der Waals surface area contributed by atoms with Crippen LogP contribution in [0.3, 0.4) is 0 Å². The van der Waals surface area contributed by atoms with Gasteiger partial charge >= 0.3 is 0 Å². The van der Waals surface area contributed by atoms with Crippen LogP contribution in [0.2, 0.25) is 0 Å². The molecule has 122 valence electrons. The molecule has 0 bridgehead atoms. The summed E-state index contributed by atoms with van der Waals surface area (Å²) < 4.78 is 24.4. The average Bonchev–Trinajstić information content (AvgIpc) is 3.16. The van der Waals surface area contributed by atoms with Gasteiger partial charge in [0.1, 0.15) is 17.7 Å². The van der Waals surface area contributed by atoms with Crippen LogP contribution in [0.1, 0.15) is 12.0 Å². The Hall–Kier alpha value is -1.85. The molecule has 0 amide bonds.